The Labute approximate surface area is 164 Å². The van der Waals surface area contributed by atoms with Crippen LogP contribution in [0.1, 0.15) is 10.6 Å². The van der Waals surface area contributed by atoms with Crippen molar-refractivity contribution >= 4 is 38.9 Å². The zero-order chi connectivity index (χ0) is 18.5. The van der Waals surface area contributed by atoms with E-state index in [1.54, 1.807) is 14.2 Å². The maximum atomic E-state index is 9.53. The van der Waals surface area contributed by atoms with E-state index >= 15 is 0 Å². The smallest absolute Gasteiger partial charge is 0.161 e. The minimum atomic E-state index is 0.532. The normalized spacial score (nSPS) is 11.1. The van der Waals surface area contributed by atoms with Crippen molar-refractivity contribution in [3.05, 3.63) is 62.9 Å². The summed E-state index contributed by atoms with van der Waals surface area (Å²) in [6.07, 6.45) is 1.84. The molecule has 0 radical (unpaired) electrons. The highest BCUT2D eigenvalue weighted by molar-refractivity contribution is 9.10. The SMILES string of the molecule is COc1ccc(-c2csc(/C(C#N)=C/c3ccc(Br)cc3)n2)cc1OC. The molecule has 0 N–H and O–H groups in total. The Bertz CT molecular complexity index is 988. The Balaban J connectivity index is 1.93. The topological polar surface area (TPSA) is 55.1 Å². The molecule has 0 aliphatic heterocycles. The first kappa shape index (κ1) is 18.2. The molecule has 1 aromatic heterocycles. The van der Waals surface area contributed by atoms with Gasteiger partial charge in [-0.3, -0.25) is 0 Å². The average Bonchev–Trinajstić information content (AvgIpc) is 3.17. The van der Waals surface area contributed by atoms with Crippen molar-refractivity contribution in [2.45, 2.75) is 0 Å². The summed E-state index contributed by atoms with van der Waals surface area (Å²) in [7, 11) is 3.20. The lowest BCUT2D eigenvalue weighted by molar-refractivity contribution is 0.355. The van der Waals surface area contributed by atoms with E-state index in [2.05, 4.69) is 27.0 Å². The number of aromatic nitrogens is 1. The van der Waals surface area contributed by atoms with Crippen LogP contribution in [0.4, 0.5) is 0 Å². The van der Waals surface area contributed by atoms with Crippen molar-refractivity contribution in [3.8, 4) is 28.8 Å². The molecule has 0 amide bonds. The number of allylic oxidation sites excluding steroid dienone is 1. The highest BCUT2D eigenvalue weighted by Gasteiger charge is 2.12. The summed E-state index contributed by atoms with van der Waals surface area (Å²) in [5.41, 5.74) is 3.19. The highest BCUT2D eigenvalue weighted by Crippen LogP contribution is 2.33. The van der Waals surface area contributed by atoms with Gasteiger partial charge >= 0.3 is 0 Å². The monoisotopic (exact) mass is 426 g/mol. The summed E-state index contributed by atoms with van der Waals surface area (Å²) in [4.78, 5) is 4.62. The molecular weight excluding hydrogens is 412 g/mol. The first-order valence-electron chi connectivity index (χ1n) is 7.70. The van der Waals surface area contributed by atoms with Gasteiger partial charge in [-0.15, -0.1) is 11.3 Å². The van der Waals surface area contributed by atoms with E-state index in [1.807, 2.05) is 53.9 Å². The van der Waals surface area contributed by atoms with Crippen molar-refractivity contribution in [3.63, 3.8) is 0 Å². The third-order valence-electron chi connectivity index (χ3n) is 3.72. The molecule has 0 spiro atoms. The molecule has 6 heteroatoms. The Hall–Kier alpha value is -2.62. The molecule has 2 aromatic carbocycles. The fourth-order valence-corrected chi connectivity index (χ4v) is 3.45. The average molecular weight is 427 g/mol. The lowest BCUT2D eigenvalue weighted by Gasteiger charge is -2.08. The largest absolute Gasteiger partial charge is 0.493 e. The second kappa shape index (κ2) is 8.17. The van der Waals surface area contributed by atoms with Gasteiger partial charge in [0.25, 0.3) is 0 Å². The van der Waals surface area contributed by atoms with Crippen LogP contribution in [0, 0.1) is 11.3 Å². The molecule has 0 saturated heterocycles. The summed E-state index contributed by atoms with van der Waals surface area (Å²) >= 11 is 4.85. The minimum absolute atomic E-state index is 0.532. The molecule has 0 aliphatic carbocycles. The van der Waals surface area contributed by atoms with Gasteiger partial charge in [0.05, 0.1) is 25.5 Å². The highest BCUT2D eigenvalue weighted by atomic mass is 79.9. The van der Waals surface area contributed by atoms with Gasteiger partial charge in [0.2, 0.25) is 0 Å². The minimum Gasteiger partial charge on any atom is -0.493 e. The third-order valence-corrected chi connectivity index (χ3v) is 5.12. The van der Waals surface area contributed by atoms with Crippen LogP contribution in [0.3, 0.4) is 0 Å². The lowest BCUT2D eigenvalue weighted by Crippen LogP contribution is -1.91. The summed E-state index contributed by atoms with van der Waals surface area (Å²) < 4.78 is 11.6. The fraction of sp³-hybridized carbons (Fsp3) is 0.100. The predicted molar refractivity (Wildman–Crippen MR) is 108 cm³/mol. The number of nitriles is 1. The van der Waals surface area contributed by atoms with E-state index in [1.165, 1.54) is 11.3 Å². The van der Waals surface area contributed by atoms with Gasteiger partial charge in [-0.05, 0) is 42.0 Å². The maximum absolute atomic E-state index is 9.53. The Kier molecular flexibility index (Phi) is 5.71. The van der Waals surface area contributed by atoms with Gasteiger partial charge < -0.3 is 9.47 Å². The van der Waals surface area contributed by atoms with E-state index in [4.69, 9.17) is 9.47 Å². The molecule has 0 bridgehead atoms. The fourth-order valence-electron chi connectivity index (χ4n) is 2.39. The van der Waals surface area contributed by atoms with E-state index in [-0.39, 0.29) is 0 Å². The first-order valence-corrected chi connectivity index (χ1v) is 9.37. The molecule has 0 aliphatic rings. The zero-order valence-electron chi connectivity index (χ0n) is 14.2. The predicted octanol–water partition coefficient (Wildman–Crippen LogP) is 5.65. The molecule has 0 saturated carbocycles. The van der Waals surface area contributed by atoms with Crippen molar-refractivity contribution < 1.29 is 9.47 Å². The van der Waals surface area contributed by atoms with Crippen LogP contribution in [0.15, 0.2) is 52.3 Å². The van der Waals surface area contributed by atoms with Gasteiger partial charge in [0.15, 0.2) is 11.5 Å². The number of methoxy groups -OCH3 is 2. The molecule has 26 heavy (non-hydrogen) atoms. The number of rotatable bonds is 5. The standard InChI is InChI=1S/C20H15BrN2O2S/c1-24-18-8-5-14(10-19(18)25-2)17-12-26-20(23-17)15(11-22)9-13-3-6-16(21)7-4-13/h3-10,12H,1-2H3/b15-9+. The van der Waals surface area contributed by atoms with Crippen molar-refractivity contribution in [2.75, 3.05) is 14.2 Å². The van der Waals surface area contributed by atoms with Crippen LogP contribution >= 0.6 is 27.3 Å². The number of thiazole rings is 1. The number of ether oxygens (including phenoxy) is 2. The second-order valence-electron chi connectivity index (χ2n) is 5.33. The van der Waals surface area contributed by atoms with E-state index in [9.17, 15) is 5.26 Å². The van der Waals surface area contributed by atoms with Crippen LogP contribution < -0.4 is 9.47 Å². The number of hydrogen-bond acceptors (Lipinski definition) is 5. The van der Waals surface area contributed by atoms with Crippen molar-refractivity contribution in [1.82, 2.24) is 4.98 Å². The molecule has 3 rings (SSSR count). The molecule has 130 valence electrons. The zero-order valence-corrected chi connectivity index (χ0v) is 16.6. The third kappa shape index (κ3) is 3.96. The lowest BCUT2D eigenvalue weighted by atomic mass is 10.1. The van der Waals surface area contributed by atoms with Gasteiger partial charge in [0, 0.05) is 15.4 Å². The van der Waals surface area contributed by atoms with E-state index < -0.39 is 0 Å². The molecule has 0 atom stereocenters. The van der Waals surface area contributed by atoms with Crippen LogP contribution in [-0.2, 0) is 0 Å². The molecule has 0 fully saturated rings. The van der Waals surface area contributed by atoms with Crippen molar-refractivity contribution in [2.24, 2.45) is 0 Å². The van der Waals surface area contributed by atoms with Crippen LogP contribution in [-0.4, -0.2) is 19.2 Å². The Morgan fingerprint density at radius 3 is 2.50 bits per heavy atom. The number of benzene rings is 2. The van der Waals surface area contributed by atoms with Gasteiger partial charge in [-0.2, -0.15) is 5.26 Å². The molecule has 1 heterocycles. The Morgan fingerprint density at radius 1 is 1.12 bits per heavy atom. The molecule has 0 unspecified atom stereocenters. The molecule has 4 nitrogen and oxygen atoms in total. The van der Waals surface area contributed by atoms with Gasteiger partial charge in [-0.1, -0.05) is 28.1 Å². The first-order chi connectivity index (χ1) is 12.6. The van der Waals surface area contributed by atoms with E-state index in [0.717, 1.165) is 21.3 Å². The maximum Gasteiger partial charge on any atom is 0.161 e. The second-order valence-corrected chi connectivity index (χ2v) is 7.10. The molecular formula is C20H15BrN2O2S. The van der Waals surface area contributed by atoms with Crippen LogP contribution in [0.5, 0.6) is 11.5 Å². The Morgan fingerprint density at radius 2 is 1.85 bits per heavy atom. The summed E-state index contributed by atoms with van der Waals surface area (Å²) in [5, 5.41) is 12.1. The van der Waals surface area contributed by atoms with Crippen LogP contribution in [0.2, 0.25) is 0 Å². The number of halogens is 1. The van der Waals surface area contributed by atoms with Crippen LogP contribution in [0.25, 0.3) is 22.9 Å². The van der Waals surface area contributed by atoms with Gasteiger partial charge in [0.1, 0.15) is 11.1 Å². The van der Waals surface area contributed by atoms with E-state index in [0.29, 0.717) is 22.1 Å². The van der Waals surface area contributed by atoms with Crippen molar-refractivity contribution in [1.29, 1.82) is 5.26 Å². The summed E-state index contributed by atoms with van der Waals surface area (Å²) in [5.74, 6) is 1.31. The summed E-state index contributed by atoms with van der Waals surface area (Å²) in [6.45, 7) is 0. The molecule has 3 aromatic rings. The number of nitrogens with zero attached hydrogens (tertiary/aromatic N) is 2. The van der Waals surface area contributed by atoms with Gasteiger partial charge in [-0.25, -0.2) is 4.98 Å². The quantitative estimate of drug-likeness (QED) is 0.494. The summed E-state index contributed by atoms with van der Waals surface area (Å²) in [6, 6.07) is 15.7. The number of hydrogen-bond donors (Lipinski definition) is 0.